The number of hydrogen-bond donors (Lipinski definition) is 1. The van der Waals surface area contributed by atoms with Crippen molar-refractivity contribution in [2.75, 3.05) is 6.26 Å². The van der Waals surface area contributed by atoms with Gasteiger partial charge in [-0.2, -0.15) is 0 Å². The number of thioether (sulfide) groups is 1. The fourth-order valence-corrected chi connectivity index (χ4v) is 3.22. The van der Waals surface area contributed by atoms with Crippen molar-refractivity contribution >= 4 is 23.7 Å². The van der Waals surface area contributed by atoms with Crippen molar-refractivity contribution < 1.29 is 4.79 Å². The van der Waals surface area contributed by atoms with Crippen molar-refractivity contribution in [2.24, 2.45) is 0 Å². The zero-order valence-electron chi connectivity index (χ0n) is 12.6. The standard InChI is InChI=1S/C19H19NOS/c1-22-16-10-6-14(7-11-16)8-13-19(21)20-18-12-9-15-4-2-3-5-17(15)18/h2-8,10-11,13,18H,9,12H2,1H3,(H,20,21)/b13-8+. The van der Waals surface area contributed by atoms with Crippen LogP contribution in [-0.2, 0) is 11.2 Å². The molecule has 0 aromatic heterocycles. The molecule has 1 N–H and O–H groups in total. The summed E-state index contributed by atoms with van der Waals surface area (Å²) in [6, 6.07) is 16.7. The summed E-state index contributed by atoms with van der Waals surface area (Å²) in [4.78, 5) is 13.3. The van der Waals surface area contributed by atoms with Crippen LogP contribution in [0.5, 0.6) is 0 Å². The van der Waals surface area contributed by atoms with Gasteiger partial charge in [0.25, 0.3) is 0 Å². The highest BCUT2D eigenvalue weighted by atomic mass is 32.2. The minimum Gasteiger partial charge on any atom is -0.346 e. The number of fused-ring (bicyclic) bond motifs is 1. The highest BCUT2D eigenvalue weighted by molar-refractivity contribution is 7.98. The van der Waals surface area contributed by atoms with Gasteiger partial charge in [-0.05, 0) is 54.0 Å². The van der Waals surface area contributed by atoms with Gasteiger partial charge in [0.1, 0.15) is 0 Å². The monoisotopic (exact) mass is 309 g/mol. The molecule has 3 rings (SSSR count). The lowest BCUT2D eigenvalue weighted by Crippen LogP contribution is -2.25. The molecule has 2 nitrogen and oxygen atoms in total. The van der Waals surface area contributed by atoms with Crippen LogP contribution in [0.1, 0.15) is 29.2 Å². The molecule has 1 aliphatic rings. The number of rotatable bonds is 4. The molecule has 2 aromatic carbocycles. The van der Waals surface area contributed by atoms with Gasteiger partial charge < -0.3 is 5.32 Å². The number of amides is 1. The summed E-state index contributed by atoms with van der Waals surface area (Å²) < 4.78 is 0. The van der Waals surface area contributed by atoms with E-state index in [0.29, 0.717) is 0 Å². The Kier molecular flexibility index (Phi) is 4.64. The molecule has 0 saturated carbocycles. The van der Waals surface area contributed by atoms with Crippen LogP contribution >= 0.6 is 11.8 Å². The van der Waals surface area contributed by atoms with Crippen LogP contribution in [0.3, 0.4) is 0 Å². The topological polar surface area (TPSA) is 29.1 Å². The van der Waals surface area contributed by atoms with Gasteiger partial charge in [0.2, 0.25) is 5.91 Å². The first-order valence-corrected chi connectivity index (χ1v) is 8.69. The smallest absolute Gasteiger partial charge is 0.244 e. The zero-order valence-corrected chi connectivity index (χ0v) is 13.4. The predicted octanol–water partition coefficient (Wildman–Crippen LogP) is 4.23. The molecule has 0 bridgehead atoms. The molecule has 1 aliphatic carbocycles. The Hall–Kier alpha value is -2.00. The summed E-state index contributed by atoms with van der Waals surface area (Å²) in [5, 5.41) is 3.10. The Morgan fingerprint density at radius 2 is 1.95 bits per heavy atom. The first-order valence-electron chi connectivity index (χ1n) is 7.47. The van der Waals surface area contributed by atoms with E-state index < -0.39 is 0 Å². The Balaban J connectivity index is 1.62. The normalized spacial score (nSPS) is 16.7. The minimum absolute atomic E-state index is 0.0318. The highest BCUT2D eigenvalue weighted by Gasteiger charge is 2.22. The number of hydrogen-bond acceptors (Lipinski definition) is 2. The Labute approximate surface area is 135 Å². The molecule has 0 saturated heterocycles. The fourth-order valence-electron chi connectivity index (χ4n) is 2.81. The average Bonchev–Trinajstić information content (AvgIpc) is 2.97. The lowest BCUT2D eigenvalue weighted by Gasteiger charge is -2.12. The number of carbonyl (C=O) groups excluding carboxylic acids is 1. The third kappa shape index (κ3) is 3.42. The van der Waals surface area contributed by atoms with Crippen molar-refractivity contribution in [2.45, 2.75) is 23.8 Å². The lowest BCUT2D eigenvalue weighted by atomic mass is 10.1. The number of aryl methyl sites for hydroxylation is 1. The van der Waals surface area contributed by atoms with Crippen LogP contribution in [0.15, 0.2) is 59.5 Å². The van der Waals surface area contributed by atoms with Gasteiger partial charge in [0.15, 0.2) is 0 Å². The van der Waals surface area contributed by atoms with Gasteiger partial charge in [-0.15, -0.1) is 11.8 Å². The van der Waals surface area contributed by atoms with Crippen LogP contribution < -0.4 is 5.32 Å². The quantitative estimate of drug-likeness (QED) is 0.676. The Morgan fingerprint density at radius 3 is 2.73 bits per heavy atom. The maximum absolute atomic E-state index is 12.1. The summed E-state index contributed by atoms with van der Waals surface area (Å²) in [6.07, 6.45) is 7.56. The molecule has 0 aliphatic heterocycles. The van der Waals surface area contributed by atoms with Crippen molar-refractivity contribution in [3.05, 3.63) is 71.3 Å². The molecule has 0 fully saturated rings. The molecular weight excluding hydrogens is 290 g/mol. The Morgan fingerprint density at radius 1 is 1.18 bits per heavy atom. The zero-order chi connectivity index (χ0) is 15.4. The fraction of sp³-hybridized carbons (Fsp3) is 0.211. The molecule has 0 heterocycles. The molecule has 1 amide bonds. The van der Waals surface area contributed by atoms with Crippen molar-refractivity contribution in [3.63, 3.8) is 0 Å². The molecule has 0 radical (unpaired) electrons. The second kappa shape index (κ2) is 6.84. The van der Waals surface area contributed by atoms with Crippen molar-refractivity contribution in [3.8, 4) is 0 Å². The third-order valence-corrected chi connectivity index (χ3v) is 4.74. The van der Waals surface area contributed by atoms with Gasteiger partial charge in [0, 0.05) is 11.0 Å². The van der Waals surface area contributed by atoms with E-state index in [4.69, 9.17) is 0 Å². The van der Waals surface area contributed by atoms with Crippen LogP contribution in [-0.4, -0.2) is 12.2 Å². The molecule has 112 valence electrons. The van der Waals surface area contributed by atoms with E-state index in [9.17, 15) is 4.79 Å². The van der Waals surface area contributed by atoms with E-state index >= 15 is 0 Å². The average molecular weight is 309 g/mol. The summed E-state index contributed by atoms with van der Waals surface area (Å²) >= 11 is 1.71. The molecular formula is C19H19NOS. The minimum atomic E-state index is -0.0318. The molecule has 1 unspecified atom stereocenters. The van der Waals surface area contributed by atoms with E-state index in [2.05, 4.69) is 41.9 Å². The van der Waals surface area contributed by atoms with Crippen LogP contribution in [0.4, 0.5) is 0 Å². The van der Waals surface area contributed by atoms with E-state index in [0.717, 1.165) is 18.4 Å². The predicted molar refractivity (Wildman–Crippen MR) is 92.9 cm³/mol. The molecule has 22 heavy (non-hydrogen) atoms. The first-order chi connectivity index (χ1) is 10.8. The van der Waals surface area contributed by atoms with Gasteiger partial charge in [-0.1, -0.05) is 36.4 Å². The van der Waals surface area contributed by atoms with E-state index in [-0.39, 0.29) is 11.9 Å². The molecule has 0 spiro atoms. The first kappa shape index (κ1) is 14.9. The molecule has 1 atom stereocenters. The SMILES string of the molecule is CSc1ccc(/C=C/C(=O)NC2CCc3ccccc32)cc1. The largest absolute Gasteiger partial charge is 0.346 e. The third-order valence-electron chi connectivity index (χ3n) is 3.99. The second-order valence-corrected chi connectivity index (χ2v) is 6.28. The van der Waals surface area contributed by atoms with Crippen LogP contribution in [0.25, 0.3) is 6.08 Å². The van der Waals surface area contributed by atoms with Crippen molar-refractivity contribution in [1.82, 2.24) is 5.32 Å². The lowest BCUT2D eigenvalue weighted by molar-refractivity contribution is -0.117. The summed E-state index contributed by atoms with van der Waals surface area (Å²) in [5.41, 5.74) is 3.65. The molecule has 2 aromatic rings. The van der Waals surface area contributed by atoms with E-state index in [1.165, 1.54) is 16.0 Å². The van der Waals surface area contributed by atoms with Gasteiger partial charge >= 0.3 is 0 Å². The van der Waals surface area contributed by atoms with Gasteiger partial charge in [-0.3, -0.25) is 4.79 Å². The Bertz CT molecular complexity index is 691. The second-order valence-electron chi connectivity index (χ2n) is 5.41. The van der Waals surface area contributed by atoms with E-state index in [1.807, 2.05) is 24.3 Å². The molecule has 3 heteroatoms. The summed E-state index contributed by atoms with van der Waals surface area (Å²) in [5.74, 6) is -0.0318. The maximum atomic E-state index is 12.1. The van der Waals surface area contributed by atoms with Crippen molar-refractivity contribution in [1.29, 1.82) is 0 Å². The maximum Gasteiger partial charge on any atom is 0.244 e. The number of benzene rings is 2. The van der Waals surface area contributed by atoms with Crippen LogP contribution in [0, 0.1) is 0 Å². The van der Waals surface area contributed by atoms with E-state index in [1.54, 1.807) is 17.8 Å². The van der Waals surface area contributed by atoms with Gasteiger partial charge in [0.05, 0.1) is 6.04 Å². The number of carbonyl (C=O) groups is 1. The summed E-state index contributed by atoms with van der Waals surface area (Å²) in [6.45, 7) is 0. The highest BCUT2D eigenvalue weighted by Crippen LogP contribution is 2.30. The number of nitrogens with one attached hydrogen (secondary N) is 1. The van der Waals surface area contributed by atoms with Gasteiger partial charge in [-0.25, -0.2) is 0 Å². The summed E-state index contributed by atoms with van der Waals surface area (Å²) in [7, 11) is 0. The van der Waals surface area contributed by atoms with Crippen LogP contribution in [0.2, 0.25) is 0 Å².